The Bertz CT molecular complexity index is 312. The van der Waals surface area contributed by atoms with Crippen LogP contribution in [0.15, 0.2) is 0 Å². The fourth-order valence-electron chi connectivity index (χ4n) is 4.21. The van der Waals surface area contributed by atoms with Gasteiger partial charge in [-0.15, -0.1) is 0 Å². The number of nitrogens with zero attached hydrogens (tertiary/aromatic N) is 1. The maximum absolute atomic E-state index is 12.1. The first kappa shape index (κ1) is 13.6. The van der Waals surface area contributed by atoms with Gasteiger partial charge >= 0.3 is 0 Å². The summed E-state index contributed by atoms with van der Waals surface area (Å²) in [5.41, 5.74) is 0. The van der Waals surface area contributed by atoms with Crippen molar-refractivity contribution in [1.29, 1.82) is 0 Å². The van der Waals surface area contributed by atoms with E-state index in [0.29, 0.717) is 17.7 Å². The average molecular weight is 265 g/mol. The second kappa shape index (κ2) is 6.36. The fourth-order valence-corrected chi connectivity index (χ4v) is 4.21. The summed E-state index contributed by atoms with van der Waals surface area (Å²) >= 11 is 0. The molecule has 3 rings (SSSR count). The molecule has 3 fully saturated rings. The summed E-state index contributed by atoms with van der Waals surface area (Å²) < 4.78 is 5.46. The van der Waals surface area contributed by atoms with Crippen LogP contribution in [0.1, 0.15) is 51.4 Å². The minimum Gasteiger partial charge on any atom is -0.381 e. The van der Waals surface area contributed by atoms with Gasteiger partial charge in [-0.05, 0) is 51.0 Å². The molecule has 0 bridgehead atoms. The van der Waals surface area contributed by atoms with Gasteiger partial charge in [0.15, 0.2) is 0 Å². The highest BCUT2D eigenvalue weighted by Gasteiger charge is 2.37. The molecule has 0 radical (unpaired) electrons. The highest BCUT2D eigenvalue weighted by molar-refractivity contribution is 5.83. The van der Waals surface area contributed by atoms with Crippen LogP contribution in [0.25, 0.3) is 0 Å². The number of Topliss-reactive ketones (excluding diaryl/α,β-unsaturated/α-hetero) is 1. The molecule has 0 aromatic rings. The molecule has 2 aliphatic heterocycles. The van der Waals surface area contributed by atoms with Crippen LogP contribution in [-0.4, -0.2) is 43.0 Å². The van der Waals surface area contributed by atoms with Crippen LogP contribution in [0.5, 0.6) is 0 Å². The van der Waals surface area contributed by atoms with Gasteiger partial charge in [0.1, 0.15) is 5.78 Å². The number of ketones is 1. The minimum absolute atomic E-state index is 0.361. The summed E-state index contributed by atoms with van der Waals surface area (Å²) in [7, 11) is 0. The summed E-state index contributed by atoms with van der Waals surface area (Å²) in [5, 5.41) is 0. The average Bonchev–Trinajstić information content (AvgIpc) is 2.87. The van der Waals surface area contributed by atoms with Crippen molar-refractivity contribution in [3.63, 3.8) is 0 Å². The van der Waals surface area contributed by atoms with Crippen LogP contribution < -0.4 is 0 Å². The van der Waals surface area contributed by atoms with Crippen molar-refractivity contribution in [2.45, 2.75) is 57.4 Å². The molecule has 0 aromatic carbocycles. The molecule has 1 aliphatic carbocycles. The number of hydrogen-bond donors (Lipinski definition) is 0. The molecular weight excluding hydrogens is 238 g/mol. The van der Waals surface area contributed by atoms with E-state index in [0.717, 1.165) is 38.4 Å². The molecule has 2 saturated heterocycles. The first-order valence-corrected chi connectivity index (χ1v) is 8.19. The Labute approximate surface area is 116 Å². The molecule has 1 saturated carbocycles. The Morgan fingerprint density at radius 2 is 1.89 bits per heavy atom. The fraction of sp³-hybridized carbons (Fsp3) is 0.938. The molecule has 2 atom stereocenters. The highest BCUT2D eigenvalue weighted by Crippen LogP contribution is 2.33. The Morgan fingerprint density at radius 3 is 2.63 bits per heavy atom. The number of likely N-dealkylation sites (tertiary alicyclic amines) is 1. The summed E-state index contributed by atoms with van der Waals surface area (Å²) in [6.07, 6.45) is 9.42. The Balaban J connectivity index is 1.61. The largest absolute Gasteiger partial charge is 0.381 e. The van der Waals surface area contributed by atoms with Crippen LogP contribution in [0.2, 0.25) is 0 Å². The number of hydrogen-bond acceptors (Lipinski definition) is 3. The molecule has 3 heteroatoms. The monoisotopic (exact) mass is 265 g/mol. The van der Waals surface area contributed by atoms with Gasteiger partial charge in [0, 0.05) is 38.1 Å². The van der Waals surface area contributed by atoms with Gasteiger partial charge in [-0.3, -0.25) is 9.69 Å². The lowest BCUT2D eigenvalue weighted by atomic mass is 9.87. The maximum Gasteiger partial charge on any atom is 0.137 e. The maximum atomic E-state index is 12.1. The van der Waals surface area contributed by atoms with Crippen molar-refractivity contribution >= 4 is 5.78 Å². The third-order valence-corrected chi connectivity index (χ3v) is 5.31. The molecule has 0 spiro atoms. The van der Waals surface area contributed by atoms with Crippen LogP contribution in [0.3, 0.4) is 0 Å². The number of carbonyl (C=O) groups excluding carboxylic acids is 1. The normalized spacial score (nSPS) is 34.8. The quantitative estimate of drug-likeness (QED) is 0.785. The van der Waals surface area contributed by atoms with E-state index in [2.05, 4.69) is 4.90 Å². The summed E-state index contributed by atoms with van der Waals surface area (Å²) in [6.45, 7) is 4.29. The standard InChI is InChI=1S/C16H27NO2/c18-16-6-3-4-14(16)15-5-1-2-9-17(15)12-13-7-10-19-11-8-13/h13-15H,1-12H2. The summed E-state index contributed by atoms with van der Waals surface area (Å²) in [4.78, 5) is 14.7. The van der Waals surface area contributed by atoms with Crippen LogP contribution >= 0.6 is 0 Å². The molecular formula is C16H27NO2. The van der Waals surface area contributed by atoms with E-state index in [1.807, 2.05) is 0 Å². The van der Waals surface area contributed by atoms with Gasteiger partial charge in [0.05, 0.1) is 0 Å². The van der Waals surface area contributed by atoms with Crippen LogP contribution in [0.4, 0.5) is 0 Å². The lowest BCUT2D eigenvalue weighted by Crippen LogP contribution is -2.47. The molecule has 0 amide bonds. The molecule has 3 aliphatic rings. The smallest absolute Gasteiger partial charge is 0.137 e. The molecule has 2 unspecified atom stereocenters. The molecule has 0 N–H and O–H groups in total. The van der Waals surface area contributed by atoms with E-state index >= 15 is 0 Å². The number of carbonyl (C=O) groups is 1. The van der Waals surface area contributed by atoms with E-state index in [1.54, 1.807) is 0 Å². The zero-order valence-electron chi connectivity index (χ0n) is 12.0. The second-order valence-electron chi connectivity index (χ2n) is 6.58. The van der Waals surface area contributed by atoms with Gasteiger partial charge in [0.25, 0.3) is 0 Å². The first-order chi connectivity index (χ1) is 9.34. The van der Waals surface area contributed by atoms with Crippen molar-refractivity contribution in [3.05, 3.63) is 0 Å². The van der Waals surface area contributed by atoms with Gasteiger partial charge in [-0.2, -0.15) is 0 Å². The predicted molar refractivity (Wildman–Crippen MR) is 75.1 cm³/mol. The first-order valence-electron chi connectivity index (χ1n) is 8.19. The van der Waals surface area contributed by atoms with Gasteiger partial charge in [-0.1, -0.05) is 6.42 Å². The Morgan fingerprint density at radius 1 is 1.05 bits per heavy atom. The number of piperidine rings is 1. The van der Waals surface area contributed by atoms with E-state index < -0.39 is 0 Å². The topological polar surface area (TPSA) is 29.5 Å². The number of rotatable bonds is 3. The lowest BCUT2D eigenvalue weighted by molar-refractivity contribution is -0.123. The third-order valence-electron chi connectivity index (χ3n) is 5.31. The predicted octanol–water partition coefficient (Wildman–Crippen LogP) is 2.64. The molecule has 19 heavy (non-hydrogen) atoms. The molecule has 2 heterocycles. The van der Waals surface area contributed by atoms with Crippen molar-refractivity contribution in [2.24, 2.45) is 11.8 Å². The van der Waals surface area contributed by atoms with E-state index in [1.165, 1.54) is 45.2 Å². The van der Waals surface area contributed by atoms with Gasteiger partial charge in [-0.25, -0.2) is 0 Å². The zero-order valence-corrected chi connectivity index (χ0v) is 12.0. The Hall–Kier alpha value is -0.410. The molecule has 108 valence electrons. The zero-order chi connectivity index (χ0) is 13.1. The van der Waals surface area contributed by atoms with Crippen LogP contribution in [0, 0.1) is 11.8 Å². The lowest BCUT2D eigenvalue weighted by Gasteiger charge is -2.41. The van der Waals surface area contributed by atoms with Crippen molar-refractivity contribution in [1.82, 2.24) is 4.90 Å². The SMILES string of the molecule is O=C1CCCC1C1CCCCN1CC1CCOCC1. The molecule has 3 nitrogen and oxygen atoms in total. The van der Waals surface area contributed by atoms with Gasteiger partial charge in [0.2, 0.25) is 0 Å². The minimum atomic E-state index is 0.361. The third kappa shape index (κ3) is 3.19. The van der Waals surface area contributed by atoms with Gasteiger partial charge < -0.3 is 4.74 Å². The second-order valence-corrected chi connectivity index (χ2v) is 6.58. The van der Waals surface area contributed by atoms with Crippen molar-refractivity contribution in [2.75, 3.05) is 26.3 Å². The highest BCUT2D eigenvalue weighted by atomic mass is 16.5. The van der Waals surface area contributed by atoms with Crippen molar-refractivity contribution < 1.29 is 9.53 Å². The number of ether oxygens (including phenoxy) is 1. The summed E-state index contributed by atoms with van der Waals surface area (Å²) in [6, 6.07) is 0.562. The summed E-state index contributed by atoms with van der Waals surface area (Å²) in [5.74, 6) is 1.70. The van der Waals surface area contributed by atoms with E-state index in [4.69, 9.17) is 4.74 Å². The van der Waals surface area contributed by atoms with Crippen LogP contribution in [-0.2, 0) is 9.53 Å². The van der Waals surface area contributed by atoms with E-state index in [-0.39, 0.29) is 0 Å². The molecule has 0 aromatic heterocycles. The Kier molecular flexibility index (Phi) is 4.54. The van der Waals surface area contributed by atoms with E-state index in [9.17, 15) is 4.79 Å². The van der Waals surface area contributed by atoms with Crippen molar-refractivity contribution in [3.8, 4) is 0 Å².